The molecule has 1 aliphatic rings. The number of carbonyl (C=O) groups is 1. The number of halogens is 1. The molecule has 7 heteroatoms. The fourth-order valence-corrected chi connectivity index (χ4v) is 4.05. The maximum atomic E-state index is 12.6. The third-order valence-electron chi connectivity index (χ3n) is 3.62. The maximum Gasteiger partial charge on any atom is 0.243 e. The fraction of sp³-hybridized carbons (Fsp3) is 0.533. The van der Waals surface area contributed by atoms with E-state index in [2.05, 4.69) is 15.9 Å². The second-order valence-electron chi connectivity index (χ2n) is 6.40. The summed E-state index contributed by atoms with van der Waals surface area (Å²) in [5, 5.41) is 0. The van der Waals surface area contributed by atoms with Crippen LogP contribution in [0.3, 0.4) is 0 Å². The van der Waals surface area contributed by atoms with Crippen molar-refractivity contribution in [1.82, 2.24) is 9.21 Å². The summed E-state index contributed by atoms with van der Waals surface area (Å²) in [6, 6.07) is 6.61. The normalized spacial score (nSPS) is 17.5. The molecule has 0 bridgehead atoms. The zero-order valence-electron chi connectivity index (χ0n) is 13.0. The van der Waals surface area contributed by atoms with E-state index < -0.39 is 15.4 Å². The zero-order valence-corrected chi connectivity index (χ0v) is 15.4. The lowest BCUT2D eigenvalue weighted by atomic mass is 9.94. The Morgan fingerprint density at radius 3 is 2.00 bits per heavy atom. The van der Waals surface area contributed by atoms with Crippen LogP contribution in [0.1, 0.15) is 20.8 Å². The van der Waals surface area contributed by atoms with Crippen molar-refractivity contribution in [2.75, 3.05) is 26.2 Å². The first-order valence-corrected chi connectivity index (χ1v) is 9.41. The van der Waals surface area contributed by atoms with Crippen LogP contribution in [-0.4, -0.2) is 49.7 Å². The third kappa shape index (κ3) is 3.70. The Morgan fingerprint density at radius 2 is 1.55 bits per heavy atom. The van der Waals surface area contributed by atoms with Crippen LogP contribution in [0, 0.1) is 5.41 Å². The predicted octanol–water partition coefficient (Wildman–Crippen LogP) is 2.33. The number of hydrogen-bond acceptors (Lipinski definition) is 3. The highest BCUT2D eigenvalue weighted by molar-refractivity contribution is 9.10. The van der Waals surface area contributed by atoms with Crippen LogP contribution in [-0.2, 0) is 14.8 Å². The van der Waals surface area contributed by atoms with Crippen LogP contribution in [0.15, 0.2) is 33.6 Å². The van der Waals surface area contributed by atoms with Crippen LogP contribution in [0.4, 0.5) is 0 Å². The van der Waals surface area contributed by atoms with Gasteiger partial charge in [-0.15, -0.1) is 0 Å². The van der Waals surface area contributed by atoms with E-state index in [0.717, 1.165) is 4.47 Å². The number of rotatable bonds is 2. The molecular formula is C15H21BrN2O3S. The number of carbonyl (C=O) groups excluding carboxylic acids is 1. The lowest BCUT2D eigenvalue weighted by Gasteiger charge is -2.37. The molecule has 22 heavy (non-hydrogen) atoms. The molecule has 0 radical (unpaired) electrons. The molecule has 1 heterocycles. The monoisotopic (exact) mass is 388 g/mol. The van der Waals surface area contributed by atoms with E-state index in [1.165, 1.54) is 4.31 Å². The zero-order chi connectivity index (χ0) is 16.5. The van der Waals surface area contributed by atoms with Crippen molar-refractivity contribution >= 4 is 31.9 Å². The lowest BCUT2D eigenvalue weighted by Crippen LogP contribution is -2.52. The summed E-state index contributed by atoms with van der Waals surface area (Å²) in [4.78, 5) is 14.3. The number of nitrogens with zero attached hydrogens (tertiary/aromatic N) is 2. The molecule has 1 saturated heterocycles. The predicted molar refractivity (Wildman–Crippen MR) is 88.9 cm³/mol. The number of benzene rings is 1. The highest BCUT2D eigenvalue weighted by Gasteiger charge is 2.33. The van der Waals surface area contributed by atoms with Gasteiger partial charge in [-0.1, -0.05) is 36.7 Å². The van der Waals surface area contributed by atoms with Crippen molar-refractivity contribution in [2.24, 2.45) is 5.41 Å². The molecule has 1 aromatic carbocycles. The van der Waals surface area contributed by atoms with Gasteiger partial charge in [0.25, 0.3) is 0 Å². The Hall–Kier alpha value is -0.920. The van der Waals surface area contributed by atoms with E-state index in [9.17, 15) is 13.2 Å². The summed E-state index contributed by atoms with van der Waals surface area (Å²) in [7, 11) is -3.49. The molecule has 0 unspecified atom stereocenters. The fourth-order valence-electron chi connectivity index (χ4n) is 2.36. The molecule has 1 aliphatic heterocycles. The molecule has 0 aliphatic carbocycles. The van der Waals surface area contributed by atoms with Crippen LogP contribution in [0.5, 0.6) is 0 Å². The van der Waals surface area contributed by atoms with Crippen molar-refractivity contribution in [2.45, 2.75) is 25.7 Å². The summed E-state index contributed by atoms with van der Waals surface area (Å²) in [6.07, 6.45) is 0. The molecule has 0 aromatic heterocycles. The van der Waals surface area contributed by atoms with Crippen molar-refractivity contribution in [3.8, 4) is 0 Å². The minimum Gasteiger partial charge on any atom is -0.340 e. The van der Waals surface area contributed by atoms with E-state index >= 15 is 0 Å². The topological polar surface area (TPSA) is 57.7 Å². The Morgan fingerprint density at radius 1 is 1.05 bits per heavy atom. The average molecular weight is 389 g/mol. The molecule has 0 spiro atoms. The van der Waals surface area contributed by atoms with Crippen LogP contribution in [0.25, 0.3) is 0 Å². The molecule has 0 saturated carbocycles. The summed E-state index contributed by atoms with van der Waals surface area (Å²) in [5.41, 5.74) is -0.438. The van der Waals surface area contributed by atoms with Gasteiger partial charge in [0.2, 0.25) is 15.9 Å². The molecule has 0 N–H and O–H groups in total. The van der Waals surface area contributed by atoms with Gasteiger partial charge in [0, 0.05) is 36.1 Å². The Labute approximate surface area is 140 Å². The van der Waals surface area contributed by atoms with Gasteiger partial charge in [0.1, 0.15) is 0 Å². The molecule has 1 amide bonds. The van der Waals surface area contributed by atoms with E-state index in [1.807, 2.05) is 20.8 Å². The first-order valence-electron chi connectivity index (χ1n) is 7.17. The van der Waals surface area contributed by atoms with Crippen molar-refractivity contribution < 1.29 is 13.2 Å². The van der Waals surface area contributed by atoms with E-state index in [4.69, 9.17) is 0 Å². The minimum absolute atomic E-state index is 0.0631. The van der Waals surface area contributed by atoms with Gasteiger partial charge in [-0.3, -0.25) is 4.79 Å². The van der Waals surface area contributed by atoms with Gasteiger partial charge in [-0.2, -0.15) is 4.31 Å². The average Bonchev–Trinajstić information content (AvgIpc) is 2.46. The number of sulfonamides is 1. The number of amides is 1. The quantitative estimate of drug-likeness (QED) is 0.780. The molecule has 122 valence electrons. The minimum atomic E-state index is -3.49. The molecule has 5 nitrogen and oxygen atoms in total. The van der Waals surface area contributed by atoms with Gasteiger partial charge >= 0.3 is 0 Å². The van der Waals surface area contributed by atoms with Crippen molar-refractivity contribution in [1.29, 1.82) is 0 Å². The first-order chi connectivity index (χ1) is 10.1. The maximum absolute atomic E-state index is 12.6. The van der Waals surface area contributed by atoms with E-state index in [1.54, 1.807) is 29.2 Å². The first kappa shape index (κ1) is 17.4. The van der Waals surface area contributed by atoms with E-state index in [0.29, 0.717) is 26.2 Å². The second-order valence-corrected chi connectivity index (χ2v) is 9.25. The van der Waals surface area contributed by atoms with Crippen LogP contribution >= 0.6 is 15.9 Å². The lowest BCUT2D eigenvalue weighted by molar-refractivity contribution is -0.140. The van der Waals surface area contributed by atoms with Gasteiger partial charge in [0.05, 0.1) is 4.90 Å². The standard InChI is InChI=1S/C15H21BrN2O3S/c1-15(2,3)14(19)17-8-10-18(11-9-17)22(20,21)13-6-4-12(16)5-7-13/h4-7H,8-11H2,1-3H3. The Kier molecular flexibility index (Phi) is 4.99. The van der Waals surface area contributed by atoms with E-state index in [-0.39, 0.29) is 10.8 Å². The van der Waals surface area contributed by atoms with Gasteiger partial charge < -0.3 is 4.90 Å². The number of hydrogen-bond donors (Lipinski definition) is 0. The smallest absolute Gasteiger partial charge is 0.243 e. The molecular weight excluding hydrogens is 368 g/mol. The highest BCUT2D eigenvalue weighted by Crippen LogP contribution is 2.22. The van der Waals surface area contributed by atoms with Crippen LogP contribution in [0.2, 0.25) is 0 Å². The molecule has 2 rings (SSSR count). The van der Waals surface area contributed by atoms with Gasteiger partial charge in [-0.25, -0.2) is 8.42 Å². The van der Waals surface area contributed by atoms with Gasteiger partial charge in [-0.05, 0) is 24.3 Å². The summed E-state index contributed by atoms with van der Waals surface area (Å²) in [6.45, 7) is 7.17. The molecule has 0 atom stereocenters. The van der Waals surface area contributed by atoms with Crippen molar-refractivity contribution in [3.05, 3.63) is 28.7 Å². The molecule has 1 aromatic rings. The molecule has 1 fully saturated rings. The Bertz CT molecular complexity index is 642. The number of piperazine rings is 1. The summed E-state index contributed by atoms with van der Waals surface area (Å²) in [5.74, 6) is 0.0631. The van der Waals surface area contributed by atoms with Gasteiger partial charge in [0.15, 0.2) is 0 Å². The van der Waals surface area contributed by atoms with Crippen molar-refractivity contribution in [3.63, 3.8) is 0 Å². The summed E-state index contributed by atoms with van der Waals surface area (Å²) < 4.78 is 27.4. The summed E-state index contributed by atoms with van der Waals surface area (Å²) >= 11 is 3.30. The highest BCUT2D eigenvalue weighted by atomic mass is 79.9. The third-order valence-corrected chi connectivity index (χ3v) is 6.06. The second kappa shape index (κ2) is 6.29. The largest absolute Gasteiger partial charge is 0.340 e. The SMILES string of the molecule is CC(C)(C)C(=O)N1CCN(S(=O)(=O)c2ccc(Br)cc2)CC1. The Balaban J connectivity index is 2.08. The van der Waals surface area contributed by atoms with Crippen LogP contribution < -0.4 is 0 Å².